The van der Waals surface area contributed by atoms with Crippen LogP contribution in [-0.2, 0) is 39.7 Å². The minimum Gasteiger partial charge on any atom is -0.480 e. The molecule has 1 fully saturated rings. The average molecular weight is 501 g/mol. The van der Waals surface area contributed by atoms with Gasteiger partial charge in [0.25, 0.3) is 0 Å². The molecule has 0 saturated heterocycles. The second-order valence-corrected chi connectivity index (χ2v) is 8.34. The average Bonchev–Trinajstić information content (AvgIpc) is 3.26. The molecule has 2 aromatic rings. The van der Waals surface area contributed by atoms with Crippen molar-refractivity contribution in [2.24, 2.45) is 0 Å². The molecule has 0 aliphatic heterocycles. The molecule has 3 atom stereocenters. The topological polar surface area (TPSA) is 119 Å². The fourth-order valence-corrected chi connectivity index (χ4v) is 5.04. The van der Waals surface area contributed by atoms with E-state index in [4.69, 9.17) is 0 Å². The summed E-state index contributed by atoms with van der Waals surface area (Å²) in [5.41, 5.74) is 1.63. The Morgan fingerprint density at radius 1 is 1.15 bits per heavy atom. The first-order valence-electron chi connectivity index (χ1n) is 10.8. The molecule has 0 aromatic carbocycles. The van der Waals surface area contributed by atoms with Gasteiger partial charge >= 0.3 is 29.0 Å². The van der Waals surface area contributed by atoms with Gasteiger partial charge in [-0.2, -0.15) is 0 Å². The molecule has 0 spiro atoms. The van der Waals surface area contributed by atoms with Crippen LogP contribution in [0.1, 0.15) is 44.0 Å². The third-order valence-corrected chi connectivity index (χ3v) is 6.41. The van der Waals surface area contributed by atoms with E-state index in [2.05, 4.69) is 15.0 Å². The van der Waals surface area contributed by atoms with Crippen molar-refractivity contribution < 1.29 is 41.4 Å². The van der Waals surface area contributed by atoms with Crippen molar-refractivity contribution in [1.29, 1.82) is 0 Å². The molecule has 1 aliphatic carbocycles. The van der Waals surface area contributed by atoms with Crippen molar-refractivity contribution in [3.05, 3.63) is 55.7 Å². The van der Waals surface area contributed by atoms with E-state index in [9.17, 15) is 19.8 Å². The van der Waals surface area contributed by atoms with E-state index in [1.54, 1.807) is 12.5 Å². The fourth-order valence-electron chi connectivity index (χ4n) is 5.04. The minimum absolute atomic E-state index is 0. The third-order valence-electron chi connectivity index (χ3n) is 6.41. The van der Waals surface area contributed by atoms with Crippen LogP contribution in [-0.4, -0.2) is 78.2 Å². The number of nitrogens with zero attached hydrogens (tertiary/aromatic N) is 4. The number of imidazole rings is 1. The van der Waals surface area contributed by atoms with Crippen LogP contribution in [0.15, 0.2) is 36.9 Å². The van der Waals surface area contributed by atoms with Crippen molar-refractivity contribution >= 4 is 11.9 Å². The van der Waals surface area contributed by atoms with Gasteiger partial charge in [-0.15, -0.1) is 0 Å². The minimum atomic E-state index is -0.889. The smallest absolute Gasteiger partial charge is 0.480 e. The van der Waals surface area contributed by atoms with Crippen LogP contribution >= 0.6 is 0 Å². The predicted molar refractivity (Wildman–Crippen MR) is 120 cm³/mol. The molecule has 1 aliphatic rings. The summed E-state index contributed by atoms with van der Waals surface area (Å²) >= 11 is 0. The van der Waals surface area contributed by atoms with Crippen LogP contribution in [0.25, 0.3) is 0 Å². The Hall–Kier alpha value is -2.26. The molecule has 2 unspecified atom stereocenters. The maximum Gasteiger partial charge on any atom is 2.00 e. The van der Waals surface area contributed by atoms with Crippen LogP contribution in [0.2, 0.25) is 0 Å². The molecule has 182 valence electrons. The molecular weight excluding hydrogens is 466 g/mol. The van der Waals surface area contributed by atoms with Crippen LogP contribution in [0.4, 0.5) is 0 Å². The number of pyridine rings is 1. The van der Waals surface area contributed by atoms with Gasteiger partial charge in [0.2, 0.25) is 0 Å². The molecule has 3 rings (SSSR count). The summed E-state index contributed by atoms with van der Waals surface area (Å²) < 4.78 is 0.350. The number of aromatic nitrogens is 3. The van der Waals surface area contributed by atoms with Crippen molar-refractivity contribution in [3.63, 3.8) is 0 Å². The van der Waals surface area contributed by atoms with Gasteiger partial charge in [-0.1, -0.05) is 12.5 Å². The Kier molecular flexibility index (Phi) is 11.7. The van der Waals surface area contributed by atoms with Crippen molar-refractivity contribution in [2.75, 3.05) is 19.6 Å². The summed E-state index contributed by atoms with van der Waals surface area (Å²) in [6.07, 6.45) is 8.83. The monoisotopic (exact) mass is 501 g/mol. The Morgan fingerprint density at radius 2 is 1.91 bits per heavy atom. The fraction of sp³-hybridized carbons (Fsp3) is 0.522. The maximum atomic E-state index is 11.9. The van der Waals surface area contributed by atoms with Gasteiger partial charge in [-0.3, -0.25) is 14.7 Å². The number of carbonyl (C=O) groups is 2. The molecule has 0 amide bonds. The zero-order valence-corrected chi connectivity index (χ0v) is 20.4. The van der Waals surface area contributed by atoms with Gasteiger partial charge in [-0.25, -0.2) is 9.78 Å². The Balaban J connectivity index is 0.00000272. The number of carboxylic acids is 2. The molecule has 33 heavy (non-hydrogen) atoms. The molecule has 1 saturated carbocycles. The summed E-state index contributed by atoms with van der Waals surface area (Å²) in [6.45, 7) is 3.45. The molecular formula is C23H35FeN5O4+2. The van der Waals surface area contributed by atoms with Crippen molar-refractivity contribution in [1.82, 2.24) is 19.9 Å². The van der Waals surface area contributed by atoms with Gasteiger partial charge in [-0.05, 0) is 31.9 Å². The molecule has 3 N–H and O–H groups in total. The van der Waals surface area contributed by atoms with Gasteiger partial charge in [0.15, 0.2) is 6.54 Å². The van der Waals surface area contributed by atoms with Crippen LogP contribution in [0.3, 0.4) is 0 Å². The van der Waals surface area contributed by atoms with E-state index in [1.165, 1.54) is 0 Å². The summed E-state index contributed by atoms with van der Waals surface area (Å²) in [6, 6.07) is 5.58. The standard InChI is InChI=1S/C22H31N5O4.CH3.Fe/c1-2-27(15-22(30)31,14-18-11-23-16-25-18)20-9-4-3-8-19(20)26(13-21(28)29)12-17-7-5-6-10-24-17;;/h5-7,10-11,16,19-20H,2-4,8-9,12-15H2,1H3,(H2-,23,25,28,29,30,31);1H3;/q;-1;+2/p+1/t19?,20-,27?;;/m0../s1. The summed E-state index contributed by atoms with van der Waals surface area (Å²) in [4.78, 5) is 37.3. The summed E-state index contributed by atoms with van der Waals surface area (Å²) in [7, 11) is 0. The van der Waals surface area contributed by atoms with Gasteiger partial charge in [0.05, 0.1) is 31.2 Å². The number of hydrogen-bond donors (Lipinski definition) is 3. The number of likely N-dealkylation sites (N-methyl/N-ethyl adjacent to an activating group) is 1. The zero-order chi connectivity index (χ0) is 22.3. The summed E-state index contributed by atoms with van der Waals surface area (Å²) in [5.74, 6) is -1.74. The van der Waals surface area contributed by atoms with Crippen LogP contribution in [0.5, 0.6) is 0 Å². The zero-order valence-electron chi connectivity index (χ0n) is 19.3. The van der Waals surface area contributed by atoms with E-state index >= 15 is 0 Å². The SMILES string of the molecule is CC[N+](CC(=O)O)(Cc1c[nH]cn1)[C@H]1CCCCC1N(CC(=O)O)Cc1ccccn1.[CH3-].[Fe+2]. The maximum absolute atomic E-state index is 11.9. The molecule has 0 radical (unpaired) electrons. The van der Waals surface area contributed by atoms with Crippen molar-refractivity contribution in [3.8, 4) is 0 Å². The number of rotatable bonds is 11. The largest absolute Gasteiger partial charge is 2.00 e. The molecule has 2 aromatic heterocycles. The van der Waals surface area contributed by atoms with Crippen LogP contribution < -0.4 is 0 Å². The second-order valence-electron chi connectivity index (χ2n) is 8.34. The predicted octanol–water partition coefficient (Wildman–Crippen LogP) is 2.57. The van der Waals surface area contributed by atoms with E-state index in [1.807, 2.05) is 36.2 Å². The second kappa shape index (κ2) is 13.4. The quantitative estimate of drug-likeness (QED) is 0.246. The summed E-state index contributed by atoms with van der Waals surface area (Å²) in [5, 5.41) is 19.4. The van der Waals surface area contributed by atoms with E-state index in [0.717, 1.165) is 37.1 Å². The Labute approximate surface area is 206 Å². The third kappa shape index (κ3) is 7.64. The number of quaternary nitrogens is 1. The van der Waals surface area contributed by atoms with Gasteiger partial charge in [0, 0.05) is 25.4 Å². The molecule has 2 heterocycles. The molecule has 10 heteroatoms. The Bertz CT molecular complexity index is 852. The first-order chi connectivity index (χ1) is 14.9. The Morgan fingerprint density at radius 3 is 2.48 bits per heavy atom. The van der Waals surface area contributed by atoms with E-state index in [-0.39, 0.29) is 49.7 Å². The number of hydrogen-bond acceptors (Lipinski definition) is 5. The number of aromatic amines is 1. The van der Waals surface area contributed by atoms with Crippen LogP contribution in [0, 0.1) is 7.43 Å². The van der Waals surface area contributed by atoms with Gasteiger partial charge < -0.3 is 27.1 Å². The molecule has 9 nitrogen and oxygen atoms in total. The normalized spacial score (nSPS) is 19.7. The number of H-pyrrole nitrogens is 1. The van der Waals surface area contributed by atoms with E-state index < -0.39 is 11.9 Å². The van der Waals surface area contributed by atoms with E-state index in [0.29, 0.717) is 24.1 Å². The molecule has 0 bridgehead atoms. The number of nitrogens with one attached hydrogen (secondary N) is 1. The number of aliphatic carboxylic acids is 2. The first-order valence-corrected chi connectivity index (χ1v) is 10.8. The van der Waals surface area contributed by atoms with Gasteiger partial charge in [0.1, 0.15) is 18.3 Å². The number of carboxylic acid groups (broad SMARTS) is 2. The van der Waals surface area contributed by atoms with Crippen molar-refractivity contribution in [2.45, 2.75) is 57.8 Å². The first kappa shape index (κ1) is 28.8.